The number of nitro benzene ring substituents is 2. The molecule has 0 radical (unpaired) electrons. The van der Waals surface area contributed by atoms with Crippen LogP contribution in [-0.2, 0) is 19.5 Å². The fourth-order valence-corrected chi connectivity index (χ4v) is 5.13. The molecule has 226 valence electrons. The zero-order valence-corrected chi connectivity index (χ0v) is 25.0. The summed E-state index contributed by atoms with van der Waals surface area (Å²) < 4.78 is 10.6. The number of methoxy groups -OCH3 is 2. The number of nitrogens with zero attached hydrogens (tertiary/aromatic N) is 4. The van der Waals surface area contributed by atoms with Gasteiger partial charge in [-0.2, -0.15) is 0 Å². The number of nitro groups is 2. The molecule has 1 aliphatic rings. The molecular weight excluding hydrogens is 536 g/mol. The van der Waals surface area contributed by atoms with Gasteiger partial charge in [-0.1, -0.05) is 49.6 Å². The molecule has 3 aromatic carbocycles. The standard InChI is InChI=1S/C18H22N2O4.C14H20N2O2/c1-19(13-15-4-7-16(8-5-15)20(21)22)11-10-14-6-9-17(23-2)18(12-14)24-3;1-15(13-5-3-2-4-6-13)11-12-7-9-14(10-8-12)16(17)18/h4-9,12H,10-11,13H2,1-3H3;7-10,13H,2-6,11H2,1H3. The highest BCUT2D eigenvalue weighted by Crippen LogP contribution is 2.28. The summed E-state index contributed by atoms with van der Waals surface area (Å²) in [6, 6.07) is 20.2. The zero-order valence-electron chi connectivity index (χ0n) is 25.0. The molecule has 0 N–H and O–H groups in total. The Balaban J connectivity index is 0.000000240. The van der Waals surface area contributed by atoms with Crippen molar-refractivity contribution in [2.75, 3.05) is 34.9 Å². The van der Waals surface area contributed by atoms with Crippen LogP contribution in [0.4, 0.5) is 11.4 Å². The average Bonchev–Trinajstić information content (AvgIpc) is 3.01. The minimum absolute atomic E-state index is 0.117. The summed E-state index contributed by atoms with van der Waals surface area (Å²) in [7, 11) is 7.43. The molecule has 0 spiro atoms. The van der Waals surface area contributed by atoms with Crippen LogP contribution in [0.15, 0.2) is 66.7 Å². The first kappa shape index (κ1) is 32.5. The van der Waals surface area contributed by atoms with Gasteiger partial charge in [0, 0.05) is 49.9 Å². The van der Waals surface area contributed by atoms with Crippen molar-refractivity contribution in [1.29, 1.82) is 0 Å². The lowest BCUT2D eigenvalue weighted by Gasteiger charge is -2.31. The van der Waals surface area contributed by atoms with Crippen molar-refractivity contribution in [3.05, 3.63) is 104 Å². The Kier molecular flexibility index (Phi) is 12.7. The molecule has 1 fully saturated rings. The van der Waals surface area contributed by atoms with Crippen molar-refractivity contribution >= 4 is 11.4 Å². The Morgan fingerprint density at radius 2 is 1.21 bits per heavy atom. The molecule has 4 rings (SSSR count). The van der Waals surface area contributed by atoms with E-state index in [1.165, 1.54) is 49.8 Å². The number of ether oxygens (including phenoxy) is 2. The van der Waals surface area contributed by atoms with Gasteiger partial charge in [-0.15, -0.1) is 0 Å². The molecule has 10 nitrogen and oxygen atoms in total. The summed E-state index contributed by atoms with van der Waals surface area (Å²) in [5.41, 5.74) is 3.65. The normalized spacial score (nSPS) is 13.4. The third-order valence-corrected chi connectivity index (χ3v) is 7.61. The van der Waals surface area contributed by atoms with Crippen LogP contribution in [-0.4, -0.2) is 60.5 Å². The van der Waals surface area contributed by atoms with Crippen LogP contribution in [0.25, 0.3) is 0 Å². The summed E-state index contributed by atoms with van der Waals surface area (Å²) in [5, 5.41) is 21.2. The number of rotatable bonds is 12. The van der Waals surface area contributed by atoms with Crippen LogP contribution in [0, 0.1) is 20.2 Å². The van der Waals surface area contributed by atoms with E-state index in [2.05, 4.69) is 16.8 Å². The number of benzene rings is 3. The highest BCUT2D eigenvalue weighted by molar-refractivity contribution is 5.43. The first-order valence-corrected chi connectivity index (χ1v) is 14.3. The highest BCUT2D eigenvalue weighted by atomic mass is 16.6. The molecular formula is C32H42N4O6. The molecule has 1 saturated carbocycles. The smallest absolute Gasteiger partial charge is 0.269 e. The first-order valence-electron chi connectivity index (χ1n) is 14.3. The Morgan fingerprint density at radius 1 is 0.714 bits per heavy atom. The Labute approximate surface area is 248 Å². The second-order valence-electron chi connectivity index (χ2n) is 10.7. The lowest BCUT2D eigenvalue weighted by atomic mass is 9.94. The van der Waals surface area contributed by atoms with Gasteiger partial charge in [0.25, 0.3) is 11.4 Å². The van der Waals surface area contributed by atoms with Crippen LogP contribution in [0.3, 0.4) is 0 Å². The fraction of sp³-hybridized carbons (Fsp3) is 0.438. The molecule has 0 unspecified atom stereocenters. The summed E-state index contributed by atoms with van der Waals surface area (Å²) in [5.74, 6) is 1.45. The van der Waals surface area contributed by atoms with E-state index in [4.69, 9.17) is 9.47 Å². The minimum Gasteiger partial charge on any atom is -0.493 e. The molecule has 0 aromatic heterocycles. The Hall–Kier alpha value is -4.02. The van der Waals surface area contributed by atoms with E-state index in [1.54, 1.807) is 38.5 Å². The number of likely N-dealkylation sites (N-methyl/N-ethyl adjacent to an activating group) is 1. The van der Waals surface area contributed by atoms with Gasteiger partial charge in [0.05, 0.1) is 24.1 Å². The maximum absolute atomic E-state index is 10.7. The van der Waals surface area contributed by atoms with E-state index in [9.17, 15) is 20.2 Å². The van der Waals surface area contributed by atoms with Crippen LogP contribution in [0.5, 0.6) is 11.5 Å². The predicted molar refractivity (Wildman–Crippen MR) is 164 cm³/mol. The van der Waals surface area contributed by atoms with E-state index in [0.29, 0.717) is 6.04 Å². The van der Waals surface area contributed by atoms with Gasteiger partial charge < -0.3 is 14.4 Å². The van der Waals surface area contributed by atoms with Crippen LogP contribution >= 0.6 is 0 Å². The molecule has 0 amide bonds. The van der Waals surface area contributed by atoms with E-state index in [0.717, 1.165) is 48.7 Å². The number of hydrogen-bond acceptors (Lipinski definition) is 8. The Bertz CT molecular complexity index is 1280. The maximum Gasteiger partial charge on any atom is 0.269 e. The summed E-state index contributed by atoms with van der Waals surface area (Å²) in [6.45, 7) is 2.49. The van der Waals surface area contributed by atoms with Gasteiger partial charge in [0.15, 0.2) is 11.5 Å². The molecule has 0 saturated heterocycles. The molecule has 10 heteroatoms. The van der Waals surface area contributed by atoms with Gasteiger partial charge in [-0.3, -0.25) is 25.1 Å². The molecule has 3 aromatic rings. The van der Waals surface area contributed by atoms with Crippen LogP contribution < -0.4 is 9.47 Å². The van der Waals surface area contributed by atoms with Gasteiger partial charge in [-0.25, -0.2) is 0 Å². The monoisotopic (exact) mass is 578 g/mol. The summed E-state index contributed by atoms with van der Waals surface area (Å²) in [6.07, 6.45) is 7.46. The van der Waals surface area contributed by atoms with Crippen molar-refractivity contribution in [2.24, 2.45) is 0 Å². The number of hydrogen-bond donors (Lipinski definition) is 0. The zero-order chi connectivity index (χ0) is 30.5. The van der Waals surface area contributed by atoms with Gasteiger partial charge >= 0.3 is 0 Å². The topological polar surface area (TPSA) is 111 Å². The second-order valence-corrected chi connectivity index (χ2v) is 10.7. The van der Waals surface area contributed by atoms with Gasteiger partial charge in [0.1, 0.15) is 0 Å². The summed E-state index contributed by atoms with van der Waals surface area (Å²) in [4.78, 5) is 25.1. The van der Waals surface area contributed by atoms with Crippen LogP contribution in [0.2, 0.25) is 0 Å². The SMILES string of the molecule is CN(Cc1ccc([N+](=O)[O-])cc1)C1CCCCC1.COc1ccc(CCN(C)Cc2ccc([N+](=O)[O-])cc2)cc1OC. The second kappa shape index (κ2) is 16.4. The summed E-state index contributed by atoms with van der Waals surface area (Å²) >= 11 is 0. The van der Waals surface area contributed by atoms with Crippen molar-refractivity contribution in [2.45, 2.75) is 57.7 Å². The number of non-ortho nitro benzene ring substituents is 2. The lowest BCUT2D eigenvalue weighted by molar-refractivity contribution is -0.385. The fourth-order valence-electron chi connectivity index (χ4n) is 5.13. The third-order valence-electron chi connectivity index (χ3n) is 7.61. The average molecular weight is 579 g/mol. The van der Waals surface area contributed by atoms with Gasteiger partial charge in [-0.05, 0) is 62.2 Å². The third kappa shape index (κ3) is 10.1. The Morgan fingerprint density at radius 3 is 1.71 bits per heavy atom. The quantitative estimate of drug-likeness (QED) is 0.174. The van der Waals surface area contributed by atoms with Crippen LogP contribution in [0.1, 0.15) is 48.8 Å². The highest BCUT2D eigenvalue weighted by Gasteiger charge is 2.18. The molecule has 0 heterocycles. The van der Waals surface area contributed by atoms with E-state index in [-0.39, 0.29) is 21.2 Å². The van der Waals surface area contributed by atoms with E-state index < -0.39 is 0 Å². The molecule has 0 aliphatic heterocycles. The van der Waals surface area contributed by atoms with Crippen molar-refractivity contribution in [1.82, 2.24) is 9.80 Å². The van der Waals surface area contributed by atoms with Crippen molar-refractivity contribution in [3.8, 4) is 11.5 Å². The van der Waals surface area contributed by atoms with Crippen molar-refractivity contribution in [3.63, 3.8) is 0 Å². The van der Waals surface area contributed by atoms with Crippen molar-refractivity contribution < 1.29 is 19.3 Å². The maximum atomic E-state index is 10.7. The predicted octanol–water partition coefficient (Wildman–Crippen LogP) is 6.65. The molecule has 1 aliphatic carbocycles. The van der Waals surface area contributed by atoms with E-state index >= 15 is 0 Å². The minimum atomic E-state index is -0.384. The first-order chi connectivity index (χ1) is 20.2. The largest absolute Gasteiger partial charge is 0.493 e. The van der Waals surface area contributed by atoms with Gasteiger partial charge in [0.2, 0.25) is 0 Å². The molecule has 0 bridgehead atoms. The molecule has 0 atom stereocenters. The van der Waals surface area contributed by atoms with E-state index in [1.807, 2.05) is 37.4 Å². The molecule has 42 heavy (non-hydrogen) atoms. The lowest BCUT2D eigenvalue weighted by Crippen LogP contribution is -2.32.